The number of benzene rings is 3. The molecule has 4 nitrogen and oxygen atoms in total. The van der Waals surface area contributed by atoms with E-state index in [-0.39, 0.29) is 5.91 Å². The molecule has 0 bridgehead atoms. The Bertz CT molecular complexity index is 1100. The molecular weight excluding hydrogens is 432 g/mol. The van der Waals surface area contributed by atoms with Crippen LogP contribution in [0.25, 0.3) is 11.1 Å². The Hall–Kier alpha value is -3.63. The summed E-state index contributed by atoms with van der Waals surface area (Å²) in [6.07, 6.45) is 5.26. The number of rotatable bonds is 12. The van der Waals surface area contributed by atoms with E-state index in [4.69, 9.17) is 4.74 Å². The van der Waals surface area contributed by atoms with Crippen LogP contribution in [0.1, 0.15) is 36.5 Å². The molecule has 0 aliphatic heterocycles. The molecule has 0 saturated carbocycles. The van der Waals surface area contributed by atoms with Crippen molar-refractivity contribution < 1.29 is 9.53 Å². The molecule has 0 aliphatic rings. The van der Waals surface area contributed by atoms with Crippen LogP contribution in [0.3, 0.4) is 0 Å². The zero-order valence-electron chi connectivity index (χ0n) is 21.0. The van der Waals surface area contributed by atoms with Gasteiger partial charge in [0.25, 0.3) is 0 Å². The molecular formula is C31H36N2O2. The van der Waals surface area contributed by atoms with Gasteiger partial charge in [-0.05, 0) is 65.4 Å². The lowest BCUT2D eigenvalue weighted by molar-refractivity contribution is -0.123. The van der Waals surface area contributed by atoms with Crippen LogP contribution < -0.4 is 10.1 Å². The molecule has 1 N–H and O–H groups in total. The van der Waals surface area contributed by atoms with Gasteiger partial charge in [0.1, 0.15) is 12.4 Å². The lowest BCUT2D eigenvalue weighted by Gasteiger charge is -2.17. The number of carbonyl (C=O) groups excluding carboxylic acids is 1. The summed E-state index contributed by atoms with van der Waals surface area (Å²) in [7, 11) is 3.50. The van der Waals surface area contributed by atoms with Crippen molar-refractivity contribution in [3.05, 3.63) is 114 Å². The van der Waals surface area contributed by atoms with Gasteiger partial charge in [-0.2, -0.15) is 0 Å². The second-order valence-electron chi connectivity index (χ2n) is 8.49. The monoisotopic (exact) mass is 468 g/mol. The van der Waals surface area contributed by atoms with Crippen LogP contribution in [0.4, 0.5) is 0 Å². The van der Waals surface area contributed by atoms with Gasteiger partial charge < -0.3 is 15.0 Å². The number of nitrogens with one attached hydrogen (secondary N) is 1. The maximum atomic E-state index is 11.5. The highest BCUT2D eigenvalue weighted by Crippen LogP contribution is 2.34. The fourth-order valence-electron chi connectivity index (χ4n) is 3.89. The highest BCUT2D eigenvalue weighted by molar-refractivity contribution is 5.98. The third-order valence-electron chi connectivity index (χ3n) is 5.72. The van der Waals surface area contributed by atoms with Crippen LogP contribution in [-0.2, 0) is 4.79 Å². The number of hydrogen-bond donors (Lipinski definition) is 1. The smallest absolute Gasteiger partial charge is 0.245 e. The van der Waals surface area contributed by atoms with Crippen LogP contribution in [0.5, 0.6) is 5.75 Å². The van der Waals surface area contributed by atoms with Crippen LogP contribution in [0.2, 0.25) is 0 Å². The van der Waals surface area contributed by atoms with Gasteiger partial charge in [-0.3, -0.25) is 4.79 Å². The zero-order chi connectivity index (χ0) is 24.9. The standard InChI is InChI=1S/C31H36N2O2/c1-4-29(25-13-7-5-8-14-25)31(26-15-9-6-10-16-26)27-18-20-28(21-19-27)35-24-23-32-22-12-11-17-30(34)33(2)3/h5-11,13-21,32H,4,12,22-24H2,1-3H3/b17-11+,31-29-. The molecule has 3 aromatic rings. The first-order valence-corrected chi connectivity index (χ1v) is 12.3. The molecule has 1 amide bonds. The Labute approximate surface area is 209 Å². The topological polar surface area (TPSA) is 41.6 Å². The van der Waals surface area contributed by atoms with Crippen LogP contribution >= 0.6 is 0 Å². The van der Waals surface area contributed by atoms with E-state index in [1.807, 2.05) is 18.2 Å². The Morgan fingerprint density at radius 2 is 1.43 bits per heavy atom. The van der Waals surface area contributed by atoms with E-state index in [2.05, 4.69) is 85.0 Å². The van der Waals surface area contributed by atoms with Gasteiger partial charge in [-0.15, -0.1) is 0 Å². The number of hydrogen-bond acceptors (Lipinski definition) is 3. The molecule has 0 saturated heterocycles. The summed E-state index contributed by atoms with van der Waals surface area (Å²) in [5.41, 5.74) is 6.24. The van der Waals surface area contributed by atoms with E-state index in [0.717, 1.165) is 31.7 Å². The molecule has 4 heteroatoms. The predicted molar refractivity (Wildman–Crippen MR) is 146 cm³/mol. The Morgan fingerprint density at radius 3 is 2.03 bits per heavy atom. The van der Waals surface area contributed by atoms with E-state index in [0.29, 0.717) is 6.61 Å². The average Bonchev–Trinajstić information content (AvgIpc) is 2.90. The number of allylic oxidation sites excluding steroid dienone is 1. The quantitative estimate of drug-likeness (QED) is 0.200. The van der Waals surface area contributed by atoms with Crippen LogP contribution in [-0.4, -0.2) is 44.6 Å². The number of likely N-dealkylation sites (N-methyl/N-ethyl adjacent to an activating group) is 1. The fourth-order valence-corrected chi connectivity index (χ4v) is 3.89. The largest absolute Gasteiger partial charge is 0.492 e. The molecule has 0 radical (unpaired) electrons. The first kappa shape index (κ1) is 26.0. The lowest BCUT2D eigenvalue weighted by Crippen LogP contribution is -2.22. The van der Waals surface area contributed by atoms with Crippen molar-refractivity contribution in [3.8, 4) is 5.75 Å². The first-order valence-electron chi connectivity index (χ1n) is 12.3. The highest BCUT2D eigenvalue weighted by Gasteiger charge is 2.13. The second-order valence-corrected chi connectivity index (χ2v) is 8.49. The van der Waals surface area contributed by atoms with Gasteiger partial charge in [0.05, 0.1) is 0 Å². The summed E-state index contributed by atoms with van der Waals surface area (Å²) in [4.78, 5) is 13.1. The molecule has 182 valence electrons. The Morgan fingerprint density at radius 1 is 0.829 bits per heavy atom. The van der Waals surface area contributed by atoms with Crippen molar-refractivity contribution in [2.24, 2.45) is 0 Å². The van der Waals surface area contributed by atoms with Crippen molar-refractivity contribution >= 4 is 17.1 Å². The van der Waals surface area contributed by atoms with Crippen molar-refractivity contribution in [2.45, 2.75) is 19.8 Å². The van der Waals surface area contributed by atoms with Crippen molar-refractivity contribution in [3.63, 3.8) is 0 Å². The summed E-state index contributed by atoms with van der Waals surface area (Å²) >= 11 is 0. The SMILES string of the molecule is CC/C(=C(\c1ccccc1)c1ccc(OCCNCC/C=C/C(=O)N(C)C)cc1)c1ccccc1. The molecule has 0 spiro atoms. The molecule has 3 aromatic carbocycles. The predicted octanol–water partition coefficient (Wildman–Crippen LogP) is 6.06. The van der Waals surface area contributed by atoms with Gasteiger partial charge in [0, 0.05) is 20.6 Å². The van der Waals surface area contributed by atoms with Crippen LogP contribution in [0.15, 0.2) is 97.1 Å². The highest BCUT2D eigenvalue weighted by atomic mass is 16.5. The molecule has 0 unspecified atom stereocenters. The van der Waals surface area contributed by atoms with Gasteiger partial charge in [-0.25, -0.2) is 0 Å². The van der Waals surface area contributed by atoms with Gasteiger partial charge in [-0.1, -0.05) is 85.8 Å². The molecule has 0 atom stereocenters. The zero-order valence-corrected chi connectivity index (χ0v) is 21.0. The Kier molecular flexibility index (Phi) is 10.3. The number of amides is 1. The normalized spacial score (nSPS) is 11.9. The van der Waals surface area contributed by atoms with E-state index in [9.17, 15) is 4.79 Å². The van der Waals surface area contributed by atoms with E-state index in [1.54, 1.807) is 25.1 Å². The molecule has 0 heterocycles. The summed E-state index contributed by atoms with van der Waals surface area (Å²) in [6.45, 7) is 4.36. The third-order valence-corrected chi connectivity index (χ3v) is 5.72. The van der Waals surface area contributed by atoms with Crippen molar-refractivity contribution in [1.82, 2.24) is 10.2 Å². The van der Waals surface area contributed by atoms with Crippen molar-refractivity contribution in [2.75, 3.05) is 33.8 Å². The number of ether oxygens (including phenoxy) is 1. The lowest BCUT2D eigenvalue weighted by atomic mass is 9.88. The molecule has 0 aliphatic carbocycles. The van der Waals surface area contributed by atoms with Gasteiger partial charge in [0.2, 0.25) is 5.91 Å². The maximum Gasteiger partial charge on any atom is 0.245 e. The summed E-state index contributed by atoms with van der Waals surface area (Å²) < 4.78 is 5.94. The minimum Gasteiger partial charge on any atom is -0.492 e. The number of nitrogens with zero attached hydrogens (tertiary/aromatic N) is 1. The Balaban J connectivity index is 1.62. The first-order chi connectivity index (χ1) is 17.1. The second kappa shape index (κ2) is 13.9. The van der Waals surface area contributed by atoms with Crippen LogP contribution in [0, 0.1) is 0 Å². The fraction of sp³-hybridized carbons (Fsp3) is 0.258. The van der Waals surface area contributed by atoms with E-state index >= 15 is 0 Å². The summed E-state index contributed by atoms with van der Waals surface area (Å²) in [5, 5.41) is 3.34. The van der Waals surface area contributed by atoms with Crippen molar-refractivity contribution in [1.29, 1.82) is 0 Å². The van der Waals surface area contributed by atoms with Gasteiger partial charge in [0.15, 0.2) is 0 Å². The number of carbonyl (C=O) groups is 1. The molecule has 35 heavy (non-hydrogen) atoms. The molecule has 0 fully saturated rings. The molecule has 0 aromatic heterocycles. The summed E-state index contributed by atoms with van der Waals surface area (Å²) in [6, 6.07) is 29.6. The third kappa shape index (κ3) is 7.97. The average molecular weight is 469 g/mol. The van der Waals surface area contributed by atoms with Gasteiger partial charge >= 0.3 is 0 Å². The minimum absolute atomic E-state index is 0.0110. The van der Waals surface area contributed by atoms with E-state index < -0.39 is 0 Å². The maximum absolute atomic E-state index is 11.5. The minimum atomic E-state index is 0.0110. The summed E-state index contributed by atoms with van der Waals surface area (Å²) in [5.74, 6) is 0.870. The molecule has 3 rings (SSSR count). The van der Waals surface area contributed by atoms with E-state index in [1.165, 1.54) is 27.8 Å².